The lowest BCUT2D eigenvalue weighted by Gasteiger charge is -2.06. The molecular formula is C16H17N3. The molecule has 0 radical (unpaired) electrons. The van der Waals surface area contributed by atoms with E-state index in [1.54, 1.807) is 0 Å². The van der Waals surface area contributed by atoms with Gasteiger partial charge in [0.05, 0.1) is 17.4 Å². The zero-order valence-electron chi connectivity index (χ0n) is 11.0. The van der Waals surface area contributed by atoms with Gasteiger partial charge >= 0.3 is 0 Å². The lowest BCUT2D eigenvalue weighted by molar-refractivity contribution is 0.766. The summed E-state index contributed by atoms with van der Waals surface area (Å²) in [5.74, 6) is 0. The molecule has 0 spiro atoms. The zero-order valence-corrected chi connectivity index (χ0v) is 11.0. The largest absolute Gasteiger partial charge is 0.380 e. The van der Waals surface area contributed by atoms with Crippen LogP contribution < -0.4 is 5.32 Å². The van der Waals surface area contributed by atoms with Crippen LogP contribution in [0.25, 0.3) is 10.9 Å². The second-order valence-corrected chi connectivity index (χ2v) is 4.62. The van der Waals surface area contributed by atoms with Gasteiger partial charge in [0.15, 0.2) is 0 Å². The Bertz CT molecular complexity index is 685. The minimum Gasteiger partial charge on any atom is -0.380 e. The van der Waals surface area contributed by atoms with Gasteiger partial charge < -0.3 is 9.88 Å². The lowest BCUT2D eigenvalue weighted by atomic mass is 10.2. The van der Waals surface area contributed by atoms with Gasteiger partial charge in [0.2, 0.25) is 0 Å². The minimum absolute atomic E-state index is 0.826. The van der Waals surface area contributed by atoms with E-state index in [4.69, 9.17) is 0 Å². The molecule has 2 aromatic heterocycles. The summed E-state index contributed by atoms with van der Waals surface area (Å²) in [7, 11) is 0. The van der Waals surface area contributed by atoms with E-state index in [9.17, 15) is 0 Å². The Balaban J connectivity index is 1.74. The molecule has 0 atom stereocenters. The maximum Gasteiger partial charge on any atom is 0.0703 e. The van der Waals surface area contributed by atoms with Crippen LogP contribution in [0.5, 0.6) is 0 Å². The quantitative estimate of drug-likeness (QED) is 0.766. The van der Waals surface area contributed by atoms with Gasteiger partial charge in [-0.05, 0) is 30.7 Å². The topological polar surface area (TPSA) is 29.9 Å². The first-order valence-corrected chi connectivity index (χ1v) is 6.58. The van der Waals surface area contributed by atoms with Gasteiger partial charge in [0, 0.05) is 30.9 Å². The van der Waals surface area contributed by atoms with E-state index in [1.807, 2.05) is 24.4 Å². The van der Waals surface area contributed by atoms with Crippen molar-refractivity contribution in [2.45, 2.75) is 20.0 Å². The number of aryl methyl sites for hydroxylation is 1. The van der Waals surface area contributed by atoms with Crippen molar-refractivity contribution in [3.05, 3.63) is 60.6 Å². The highest BCUT2D eigenvalue weighted by atomic mass is 14.9. The van der Waals surface area contributed by atoms with Crippen LogP contribution in [0.2, 0.25) is 0 Å². The van der Waals surface area contributed by atoms with Crippen molar-refractivity contribution in [3.8, 4) is 0 Å². The fraction of sp³-hybridized carbons (Fsp3) is 0.188. The van der Waals surface area contributed by atoms with Crippen molar-refractivity contribution in [2.24, 2.45) is 0 Å². The minimum atomic E-state index is 0.826. The average molecular weight is 251 g/mol. The number of nitrogens with one attached hydrogen (secondary N) is 1. The van der Waals surface area contributed by atoms with Crippen LogP contribution in [0.1, 0.15) is 12.5 Å². The molecule has 0 saturated heterocycles. The Morgan fingerprint density at radius 3 is 2.95 bits per heavy atom. The molecular weight excluding hydrogens is 234 g/mol. The third kappa shape index (κ3) is 2.60. The van der Waals surface area contributed by atoms with E-state index in [-0.39, 0.29) is 0 Å². The van der Waals surface area contributed by atoms with Gasteiger partial charge in [0.1, 0.15) is 0 Å². The highest BCUT2D eigenvalue weighted by molar-refractivity contribution is 5.81. The first-order valence-electron chi connectivity index (χ1n) is 6.58. The summed E-state index contributed by atoms with van der Waals surface area (Å²) in [5, 5.41) is 4.58. The SMILES string of the molecule is CCn1ccc(CNc2cnc3ccccc3c2)c1. The number of para-hydroxylation sites is 1. The van der Waals surface area contributed by atoms with Crippen molar-refractivity contribution in [2.75, 3.05) is 5.32 Å². The van der Waals surface area contributed by atoms with E-state index in [0.717, 1.165) is 24.3 Å². The smallest absolute Gasteiger partial charge is 0.0703 e. The summed E-state index contributed by atoms with van der Waals surface area (Å²) < 4.78 is 2.18. The third-order valence-corrected chi connectivity index (χ3v) is 3.26. The normalized spacial score (nSPS) is 10.8. The fourth-order valence-electron chi connectivity index (χ4n) is 2.16. The molecule has 0 bridgehead atoms. The Kier molecular flexibility index (Phi) is 3.19. The number of nitrogens with zero attached hydrogens (tertiary/aromatic N) is 2. The molecule has 3 heteroatoms. The van der Waals surface area contributed by atoms with Gasteiger partial charge in [-0.25, -0.2) is 0 Å². The number of hydrogen-bond donors (Lipinski definition) is 1. The molecule has 1 N–H and O–H groups in total. The molecule has 0 fully saturated rings. The highest BCUT2D eigenvalue weighted by Crippen LogP contribution is 2.16. The van der Waals surface area contributed by atoms with Crippen molar-refractivity contribution in [1.29, 1.82) is 0 Å². The van der Waals surface area contributed by atoms with E-state index < -0.39 is 0 Å². The van der Waals surface area contributed by atoms with E-state index in [1.165, 1.54) is 10.9 Å². The first-order chi connectivity index (χ1) is 9.35. The number of benzene rings is 1. The molecule has 0 amide bonds. The first kappa shape index (κ1) is 11.8. The zero-order chi connectivity index (χ0) is 13.1. The molecule has 1 aromatic carbocycles. The van der Waals surface area contributed by atoms with Gasteiger partial charge in [0.25, 0.3) is 0 Å². The fourth-order valence-corrected chi connectivity index (χ4v) is 2.16. The van der Waals surface area contributed by atoms with Gasteiger partial charge in [-0.3, -0.25) is 4.98 Å². The Morgan fingerprint density at radius 2 is 2.11 bits per heavy atom. The van der Waals surface area contributed by atoms with Crippen LogP contribution in [-0.2, 0) is 13.1 Å². The van der Waals surface area contributed by atoms with Crippen LogP contribution in [0.4, 0.5) is 5.69 Å². The lowest BCUT2D eigenvalue weighted by Crippen LogP contribution is -1.99. The Hall–Kier alpha value is -2.29. The molecule has 3 rings (SSSR count). The summed E-state index contributed by atoms with van der Waals surface area (Å²) in [6, 6.07) is 12.4. The maximum absolute atomic E-state index is 4.45. The van der Waals surface area contributed by atoms with Crippen LogP contribution in [-0.4, -0.2) is 9.55 Å². The van der Waals surface area contributed by atoms with E-state index >= 15 is 0 Å². The van der Waals surface area contributed by atoms with Crippen molar-refractivity contribution in [3.63, 3.8) is 0 Å². The number of fused-ring (bicyclic) bond motifs is 1. The predicted molar refractivity (Wildman–Crippen MR) is 79.2 cm³/mol. The summed E-state index contributed by atoms with van der Waals surface area (Å²) in [6.07, 6.45) is 6.16. The van der Waals surface area contributed by atoms with E-state index in [0.29, 0.717) is 0 Å². The summed E-state index contributed by atoms with van der Waals surface area (Å²) in [5.41, 5.74) is 3.38. The Labute approximate surface area is 112 Å². The maximum atomic E-state index is 4.45. The third-order valence-electron chi connectivity index (χ3n) is 3.26. The van der Waals surface area contributed by atoms with Crippen LogP contribution in [0, 0.1) is 0 Å². The number of aromatic nitrogens is 2. The molecule has 0 aliphatic rings. The second-order valence-electron chi connectivity index (χ2n) is 4.62. The van der Waals surface area contributed by atoms with Crippen LogP contribution in [0.3, 0.4) is 0 Å². The Morgan fingerprint density at radius 1 is 1.21 bits per heavy atom. The van der Waals surface area contributed by atoms with Crippen molar-refractivity contribution >= 4 is 16.6 Å². The number of pyridine rings is 1. The van der Waals surface area contributed by atoms with Gasteiger partial charge in [-0.1, -0.05) is 18.2 Å². The van der Waals surface area contributed by atoms with Crippen LogP contribution >= 0.6 is 0 Å². The van der Waals surface area contributed by atoms with Crippen LogP contribution in [0.15, 0.2) is 55.0 Å². The standard InChI is InChI=1S/C16H17N3/c1-2-19-8-7-13(12-19)10-17-15-9-14-5-3-4-6-16(14)18-11-15/h3-9,11-12,17H,2,10H2,1H3. The molecule has 0 aliphatic heterocycles. The van der Waals surface area contributed by atoms with Gasteiger partial charge in [-0.15, -0.1) is 0 Å². The van der Waals surface area contributed by atoms with Gasteiger partial charge in [-0.2, -0.15) is 0 Å². The van der Waals surface area contributed by atoms with Crippen molar-refractivity contribution in [1.82, 2.24) is 9.55 Å². The van der Waals surface area contributed by atoms with E-state index in [2.05, 4.69) is 52.4 Å². The number of rotatable bonds is 4. The predicted octanol–water partition coefficient (Wildman–Crippen LogP) is 3.67. The molecule has 0 aliphatic carbocycles. The number of hydrogen-bond acceptors (Lipinski definition) is 2. The molecule has 2 heterocycles. The molecule has 19 heavy (non-hydrogen) atoms. The summed E-state index contributed by atoms with van der Waals surface area (Å²) >= 11 is 0. The molecule has 0 saturated carbocycles. The molecule has 96 valence electrons. The number of anilines is 1. The molecule has 3 aromatic rings. The second kappa shape index (κ2) is 5.14. The monoisotopic (exact) mass is 251 g/mol. The highest BCUT2D eigenvalue weighted by Gasteiger charge is 1.99. The summed E-state index contributed by atoms with van der Waals surface area (Å²) in [6.45, 7) is 3.98. The molecule has 3 nitrogen and oxygen atoms in total. The van der Waals surface area contributed by atoms with Crippen molar-refractivity contribution < 1.29 is 0 Å². The summed E-state index contributed by atoms with van der Waals surface area (Å²) in [4.78, 5) is 4.45. The molecule has 0 unspecified atom stereocenters. The average Bonchev–Trinajstić information content (AvgIpc) is 2.93.